The van der Waals surface area contributed by atoms with Gasteiger partial charge in [0.25, 0.3) is 0 Å². The Morgan fingerprint density at radius 3 is 2.78 bits per heavy atom. The van der Waals surface area contributed by atoms with Gasteiger partial charge in [-0.1, -0.05) is 18.6 Å². The average Bonchev–Trinajstić information content (AvgIpc) is 3.37. The second-order valence-electron chi connectivity index (χ2n) is 7.96. The zero-order valence-corrected chi connectivity index (χ0v) is 16.9. The summed E-state index contributed by atoms with van der Waals surface area (Å²) in [4.78, 5) is 28.5. The molecule has 0 atom stereocenters. The molecule has 0 aliphatic heterocycles. The molecule has 1 amide bonds. The highest BCUT2D eigenvalue weighted by Gasteiger charge is 2.25. The van der Waals surface area contributed by atoms with Crippen molar-refractivity contribution in [1.29, 1.82) is 0 Å². The highest BCUT2D eigenvalue weighted by Crippen LogP contribution is 2.33. The van der Waals surface area contributed by atoms with Crippen LogP contribution in [0.4, 0.5) is 10.1 Å². The minimum Gasteiger partial charge on any atom is -0.337 e. The average molecular weight is 427 g/mol. The van der Waals surface area contributed by atoms with Crippen LogP contribution in [0, 0.1) is 11.7 Å². The molecule has 4 heterocycles. The van der Waals surface area contributed by atoms with Crippen LogP contribution in [0.1, 0.15) is 19.3 Å². The predicted octanol–water partition coefficient (Wildman–Crippen LogP) is 4.44. The van der Waals surface area contributed by atoms with E-state index >= 15 is 4.39 Å². The van der Waals surface area contributed by atoms with E-state index in [2.05, 4.69) is 35.5 Å². The first-order valence-electron chi connectivity index (χ1n) is 10.4. The van der Waals surface area contributed by atoms with Gasteiger partial charge in [0, 0.05) is 17.7 Å². The summed E-state index contributed by atoms with van der Waals surface area (Å²) in [7, 11) is 0. The van der Waals surface area contributed by atoms with Crippen LogP contribution in [-0.4, -0.2) is 36.0 Å². The van der Waals surface area contributed by atoms with Crippen LogP contribution >= 0.6 is 0 Å². The number of nitrogens with one attached hydrogen (secondary N) is 3. The number of anilines is 1. The van der Waals surface area contributed by atoms with E-state index in [1.807, 2.05) is 24.3 Å². The molecular weight excluding hydrogens is 409 g/mol. The summed E-state index contributed by atoms with van der Waals surface area (Å²) in [6, 6.07) is 9.25. The van der Waals surface area contributed by atoms with Gasteiger partial charge in [0.05, 0.1) is 40.0 Å². The van der Waals surface area contributed by atoms with Crippen molar-refractivity contribution in [3.63, 3.8) is 0 Å². The lowest BCUT2D eigenvalue weighted by Crippen LogP contribution is -2.28. The number of halogens is 1. The van der Waals surface area contributed by atoms with E-state index in [9.17, 15) is 4.79 Å². The van der Waals surface area contributed by atoms with Gasteiger partial charge in [0.2, 0.25) is 5.91 Å². The van der Waals surface area contributed by atoms with E-state index in [0.29, 0.717) is 28.3 Å². The number of imidazole rings is 1. The van der Waals surface area contributed by atoms with Gasteiger partial charge >= 0.3 is 0 Å². The second-order valence-corrected chi connectivity index (χ2v) is 7.96. The third kappa shape index (κ3) is 3.01. The Hall–Kier alpha value is -4.14. The van der Waals surface area contributed by atoms with Crippen molar-refractivity contribution in [3.8, 4) is 22.8 Å². The third-order valence-electron chi connectivity index (χ3n) is 5.91. The Kier molecular flexibility index (Phi) is 4.20. The maximum Gasteiger partial charge on any atom is 0.227 e. The fourth-order valence-corrected chi connectivity index (χ4v) is 3.97. The smallest absolute Gasteiger partial charge is 0.227 e. The molecular formula is C23H18FN7O. The maximum absolute atomic E-state index is 15.7. The van der Waals surface area contributed by atoms with Crippen molar-refractivity contribution >= 4 is 33.5 Å². The maximum atomic E-state index is 15.7. The minimum absolute atomic E-state index is 0.0268. The first kappa shape index (κ1) is 18.6. The minimum atomic E-state index is -0.532. The normalized spacial score (nSPS) is 14.0. The molecule has 0 unspecified atom stereocenters. The number of benzene rings is 1. The standard InChI is InChI=1S/C23H18FN7O/c24-19-18-17(30-31-21(18)22-28-15-6-1-2-7-16(15)29-22)11-26-20(19)13-8-14(10-25-9-13)27-23(32)12-4-3-5-12/h1-2,6-12H,3-5H2,(H,27,32)(H,28,29)(H,30,31). The summed E-state index contributed by atoms with van der Waals surface area (Å²) in [5, 5.41) is 10.3. The number of carbonyl (C=O) groups is 1. The fraction of sp³-hybridized carbons (Fsp3) is 0.174. The van der Waals surface area contributed by atoms with Crippen LogP contribution in [-0.2, 0) is 4.79 Å². The molecule has 1 aromatic carbocycles. The first-order chi connectivity index (χ1) is 15.7. The van der Waals surface area contributed by atoms with Crippen LogP contribution in [0.3, 0.4) is 0 Å². The quantitative estimate of drug-likeness (QED) is 0.393. The van der Waals surface area contributed by atoms with E-state index in [-0.39, 0.29) is 22.9 Å². The van der Waals surface area contributed by atoms with Gasteiger partial charge < -0.3 is 10.3 Å². The highest BCUT2D eigenvalue weighted by atomic mass is 19.1. The van der Waals surface area contributed by atoms with Crippen LogP contribution in [0.25, 0.3) is 44.7 Å². The van der Waals surface area contributed by atoms with Gasteiger partial charge in [-0.3, -0.25) is 19.9 Å². The molecule has 0 saturated heterocycles. The number of rotatable bonds is 4. The molecule has 3 N–H and O–H groups in total. The Labute approximate surface area is 181 Å². The van der Waals surface area contributed by atoms with Gasteiger partial charge in [-0.05, 0) is 31.0 Å². The molecule has 5 aromatic rings. The molecule has 32 heavy (non-hydrogen) atoms. The van der Waals surface area contributed by atoms with Gasteiger partial charge in [0.15, 0.2) is 11.6 Å². The van der Waals surface area contributed by atoms with Gasteiger partial charge in [-0.25, -0.2) is 9.37 Å². The molecule has 1 aliphatic rings. The molecule has 158 valence electrons. The van der Waals surface area contributed by atoms with E-state index in [1.165, 1.54) is 12.4 Å². The second kappa shape index (κ2) is 7.23. The molecule has 4 aromatic heterocycles. The topological polar surface area (TPSA) is 112 Å². The predicted molar refractivity (Wildman–Crippen MR) is 118 cm³/mol. The number of H-pyrrole nitrogens is 2. The SMILES string of the molecule is O=C(Nc1cncc(-c2ncc3[nH]nc(-c4nc5ccccc5[nH]4)c3c2F)c1)C1CCC1. The molecule has 9 heteroatoms. The number of aromatic amines is 2. The molecule has 8 nitrogen and oxygen atoms in total. The third-order valence-corrected chi connectivity index (χ3v) is 5.91. The van der Waals surface area contributed by atoms with Crippen molar-refractivity contribution in [2.75, 3.05) is 5.32 Å². The van der Waals surface area contributed by atoms with Gasteiger partial charge in [-0.15, -0.1) is 0 Å². The Morgan fingerprint density at radius 1 is 1.09 bits per heavy atom. The van der Waals surface area contributed by atoms with Crippen molar-refractivity contribution < 1.29 is 9.18 Å². The van der Waals surface area contributed by atoms with Crippen molar-refractivity contribution in [1.82, 2.24) is 30.1 Å². The summed E-state index contributed by atoms with van der Waals surface area (Å²) < 4.78 is 15.7. The van der Waals surface area contributed by atoms with E-state index in [4.69, 9.17) is 0 Å². The van der Waals surface area contributed by atoms with Gasteiger partial charge in [0.1, 0.15) is 11.4 Å². The van der Waals surface area contributed by atoms with Crippen LogP contribution < -0.4 is 5.32 Å². The van der Waals surface area contributed by atoms with E-state index in [1.54, 1.807) is 12.3 Å². The zero-order chi connectivity index (χ0) is 21.7. The summed E-state index contributed by atoms with van der Waals surface area (Å²) in [6.07, 6.45) is 7.48. The van der Waals surface area contributed by atoms with Crippen LogP contribution in [0.2, 0.25) is 0 Å². The Balaban J connectivity index is 1.41. The molecule has 0 spiro atoms. The van der Waals surface area contributed by atoms with Gasteiger partial charge in [-0.2, -0.15) is 5.10 Å². The number of hydrogen-bond donors (Lipinski definition) is 3. The fourth-order valence-electron chi connectivity index (χ4n) is 3.97. The van der Waals surface area contributed by atoms with Crippen molar-refractivity contribution in [2.45, 2.75) is 19.3 Å². The summed E-state index contributed by atoms with van der Waals surface area (Å²) in [6.45, 7) is 0. The lowest BCUT2D eigenvalue weighted by atomic mass is 9.85. The number of carbonyl (C=O) groups excluding carboxylic acids is 1. The molecule has 1 fully saturated rings. The lowest BCUT2D eigenvalue weighted by Gasteiger charge is -2.24. The Morgan fingerprint density at radius 2 is 1.97 bits per heavy atom. The van der Waals surface area contributed by atoms with Crippen LogP contribution in [0.5, 0.6) is 0 Å². The van der Waals surface area contributed by atoms with E-state index in [0.717, 1.165) is 30.3 Å². The molecule has 6 rings (SSSR count). The van der Waals surface area contributed by atoms with Crippen molar-refractivity contribution in [2.24, 2.45) is 5.92 Å². The largest absolute Gasteiger partial charge is 0.337 e. The number of para-hydroxylation sites is 2. The monoisotopic (exact) mass is 427 g/mol. The number of pyridine rings is 2. The summed E-state index contributed by atoms with van der Waals surface area (Å²) >= 11 is 0. The lowest BCUT2D eigenvalue weighted by molar-refractivity contribution is -0.122. The zero-order valence-electron chi connectivity index (χ0n) is 16.9. The summed E-state index contributed by atoms with van der Waals surface area (Å²) in [5.74, 6) is -0.0487. The summed E-state index contributed by atoms with van der Waals surface area (Å²) in [5.41, 5.74) is 3.56. The number of aromatic nitrogens is 6. The molecule has 1 saturated carbocycles. The number of fused-ring (bicyclic) bond motifs is 2. The molecule has 0 bridgehead atoms. The Bertz CT molecular complexity index is 1450. The van der Waals surface area contributed by atoms with Crippen LogP contribution in [0.15, 0.2) is 48.9 Å². The van der Waals surface area contributed by atoms with Crippen molar-refractivity contribution in [3.05, 3.63) is 54.7 Å². The molecule has 1 aliphatic carbocycles. The first-order valence-corrected chi connectivity index (χ1v) is 10.4. The highest BCUT2D eigenvalue weighted by molar-refractivity contribution is 5.96. The van der Waals surface area contributed by atoms with E-state index < -0.39 is 5.82 Å². The number of amides is 1. The number of nitrogens with zero attached hydrogens (tertiary/aromatic N) is 4. The molecule has 0 radical (unpaired) electrons. The number of hydrogen-bond acceptors (Lipinski definition) is 5.